The van der Waals surface area contributed by atoms with Gasteiger partial charge in [0.05, 0.1) is 4.91 Å². The number of thiocarbonyl (C=S) groups is 1. The predicted molar refractivity (Wildman–Crippen MR) is 118 cm³/mol. The number of furan rings is 1. The molecule has 0 radical (unpaired) electrons. The summed E-state index contributed by atoms with van der Waals surface area (Å²) in [7, 11) is 0. The highest BCUT2D eigenvalue weighted by molar-refractivity contribution is 8.26. The average Bonchev–Trinajstić information content (AvgIpc) is 3.43. The molecule has 3 heterocycles. The molecule has 3 aromatic rings. The van der Waals surface area contributed by atoms with Crippen molar-refractivity contribution in [3.63, 3.8) is 0 Å². The number of fused-ring (bicyclic) bond motifs is 1. The molecule has 1 aromatic carbocycles. The molecular formula is C21H18N2O5S2. The Hall–Kier alpha value is -2.91. The number of aromatic nitrogens is 1. The van der Waals surface area contributed by atoms with Gasteiger partial charge >= 0.3 is 5.97 Å². The fourth-order valence-electron chi connectivity index (χ4n) is 3.14. The van der Waals surface area contributed by atoms with Gasteiger partial charge in [0.2, 0.25) is 0 Å². The van der Waals surface area contributed by atoms with Gasteiger partial charge in [0, 0.05) is 24.6 Å². The Morgan fingerprint density at radius 3 is 2.93 bits per heavy atom. The van der Waals surface area contributed by atoms with E-state index in [9.17, 15) is 9.59 Å². The standard InChI is InChI=1S/C21H18N2O5S2/c24-19(25)4-2-1-3-9-23-20(26)18(30-21(23)29)11-14-6-8-16(28-14)13-5-7-17-15(10-13)22-12-27-17/h5-8,10-12H,1-4,9H2,(H,24,25)/b18-11-. The first-order valence-corrected chi connectivity index (χ1v) is 10.6. The number of oxazole rings is 1. The third-order valence-electron chi connectivity index (χ3n) is 4.66. The van der Waals surface area contributed by atoms with E-state index in [4.69, 9.17) is 26.2 Å². The molecule has 0 bridgehead atoms. The van der Waals surface area contributed by atoms with Crippen molar-refractivity contribution < 1.29 is 23.5 Å². The molecule has 1 fully saturated rings. The number of carboxylic acid groups (broad SMARTS) is 1. The van der Waals surface area contributed by atoms with Crippen molar-refractivity contribution in [2.75, 3.05) is 6.54 Å². The summed E-state index contributed by atoms with van der Waals surface area (Å²) in [6.07, 6.45) is 5.28. The zero-order valence-corrected chi connectivity index (χ0v) is 17.5. The molecular weight excluding hydrogens is 424 g/mol. The Bertz CT molecular complexity index is 1150. The fourth-order valence-corrected chi connectivity index (χ4v) is 4.43. The van der Waals surface area contributed by atoms with Crippen molar-refractivity contribution in [1.29, 1.82) is 0 Å². The van der Waals surface area contributed by atoms with Crippen LogP contribution in [0.3, 0.4) is 0 Å². The van der Waals surface area contributed by atoms with Gasteiger partial charge in [-0.05, 0) is 43.2 Å². The Morgan fingerprint density at radius 1 is 1.23 bits per heavy atom. The van der Waals surface area contributed by atoms with Crippen LogP contribution in [0.25, 0.3) is 28.5 Å². The van der Waals surface area contributed by atoms with Crippen LogP contribution in [0.1, 0.15) is 31.4 Å². The highest BCUT2D eigenvalue weighted by Crippen LogP contribution is 2.34. The van der Waals surface area contributed by atoms with Gasteiger partial charge in [-0.1, -0.05) is 30.4 Å². The van der Waals surface area contributed by atoms with E-state index in [0.29, 0.717) is 45.7 Å². The number of carboxylic acids is 1. The Morgan fingerprint density at radius 2 is 2.10 bits per heavy atom. The van der Waals surface area contributed by atoms with Crippen LogP contribution >= 0.6 is 24.0 Å². The number of nitrogens with zero attached hydrogens (tertiary/aromatic N) is 2. The number of carbonyl (C=O) groups excluding carboxylic acids is 1. The number of aliphatic carboxylic acids is 1. The number of unbranched alkanes of at least 4 members (excludes halogenated alkanes) is 2. The Labute approximate surface area is 181 Å². The zero-order valence-electron chi connectivity index (χ0n) is 15.9. The summed E-state index contributed by atoms with van der Waals surface area (Å²) < 4.78 is 11.7. The molecule has 9 heteroatoms. The largest absolute Gasteiger partial charge is 0.481 e. The lowest BCUT2D eigenvalue weighted by atomic mass is 10.1. The molecule has 30 heavy (non-hydrogen) atoms. The van der Waals surface area contributed by atoms with Crippen molar-refractivity contribution in [3.05, 3.63) is 47.4 Å². The van der Waals surface area contributed by atoms with Gasteiger partial charge in [0.15, 0.2) is 12.0 Å². The van der Waals surface area contributed by atoms with E-state index >= 15 is 0 Å². The summed E-state index contributed by atoms with van der Waals surface area (Å²) >= 11 is 6.58. The van der Waals surface area contributed by atoms with Crippen molar-refractivity contribution in [1.82, 2.24) is 9.88 Å². The summed E-state index contributed by atoms with van der Waals surface area (Å²) in [4.78, 5) is 29.5. The van der Waals surface area contributed by atoms with Crippen LogP contribution in [0.5, 0.6) is 0 Å². The molecule has 1 aliphatic rings. The van der Waals surface area contributed by atoms with Crippen molar-refractivity contribution in [3.8, 4) is 11.3 Å². The second kappa shape index (κ2) is 8.85. The minimum Gasteiger partial charge on any atom is -0.481 e. The van der Waals surface area contributed by atoms with Gasteiger partial charge < -0.3 is 13.9 Å². The lowest BCUT2D eigenvalue weighted by molar-refractivity contribution is -0.137. The minimum atomic E-state index is -0.803. The lowest BCUT2D eigenvalue weighted by Gasteiger charge is -2.13. The van der Waals surface area contributed by atoms with Gasteiger partial charge in [-0.3, -0.25) is 14.5 Å². The van der Waals surface area contributed by atoms with Crippen molar-refractivity contribution in [2.24, 2.45) is 0 Å². The van der Waals surface area contributed by atoms with Gasteiger partial charge in [0.1, 0.15) is 21.4 Å². The molecule has 1 aliphatic heterocycles. The topological polar surface area (TPSA) is 96.8 Å². The number of benzene rings is 1. The molecule has 0 spiro atoms. The molecule has 0 saturated carbocycles. The van der Waals surface area contributed by atoms with E-state index in [1.165, 1.54) is 18.2 Å². The SMILES string of the molecule is O=C(O)CCCCCN1C(=O)/C(=C/c2ccc(-c3ccc4ocnc4c3)o2)SC1=S. The van der Waals surface area contributed by atoms with E-state index in [1.807, 2.05) is 24.3 Å². The predicted octanol–water partition coefficient (Wildman–Crippen LogP) is 4.93. The number of thioether (sulfide) groups is 1. The summed E-state index contributed by atoms with van der Waals surface area (Å²) in [5.74, 6) is 0.278. The first-order chi connectivity index (χ1) is 14.5. The third-order valence-corrected chi connectivity index (χ3v) is 6.04. The number of rotatable bonds is 8. The molecule has 0 aliphatic carbocycles. The van der Waals surface area contributed by atoms with Gasteiger partial charge in [-0.2, -0.15) is 0 Å². The lowest BCUT2D eigenvalue weighted by Crippen LogP contribution is -2.29. The van der Waals surface area contributed by atoms with Crippen LogP contribution in [-0.4, -0.2) is 37.7 Å². The summed E-state index contributed by atoms with van der Waals surface area (Å²) in [5, 5.41) is 8.68. The summed E-state index contributed by atoms with van der Waals surface area (Å²) in [6.45, 7) is 0.489. The maximum atomic E-state index is 12.7. The van der Waals surface area contributed by atoms with Crippen LogP contribution in [0.4, 0.5) is 0 Å². The van der Waals surface area contributed by atoms with Crippen LogP contribution in [0.15, 0.2) is 50.5 Å². The maximum Gasteiger partial charge on any atom is 0.303 e. The zero-order chi connectivity index (χ0) is 21.1. The molecule has 1 N–H and O–H groups in total. The van der Waals surface area contributed by atoms with Crippen molar-refractivity contribution in [2.45, 2.75) is 25.7 Å². The molecule has 4 rings (SSSR count). The first-order valence-electron chi connectivity index (χ1n) is 9.42. The van der Waals surface area contributed by atoms with Gasteiger partial charge in [-0.25, -0.2) is 4.98 Å². The molecule has 2 aromatic heterocycles. The number of amides is 1. The molecule has 7 nitrogen and oxygen atoms in total. The van der Waals surface area contributed by atoms with Crippen LogP contribution in [-0.2, 0) is 9.59 Å². The monoisotopic (exact) mass is 442 g/mol. The first kappa shape index (κ1) is 20.4. The molecule has 154 valence electrons. The van der Waals surface area contributed by atoms with Crippen LogP contribution in [0.2, 0.25) is 0 Å². The second-order valence-corrected chi connectivity index (χ2v) is 8.45. The second-order valence-electron chi connectivity index (χ2n) is 6.77. The van der Waals surface area contributed by atoms with E-state index in [-0.39, 0.29) is 12.3 Å². The van der Waals surface area contributed by atoms with E-state index in [1.54, 1.807) is 17.0 Å². The highest BCUT2D eigenvalue weighted by Gasteiger charge is 2.31. The molecule has 1 amide bonds. The summed E-state index contributed by atoms with van der Waals surface area (Å²) in [6, 6.07) is 9.25. The third kappa shape index (κ3) is 4.47. The fraction of sp³-hybridized carbons (Fsp3) is 0.238. The quantitative estimate of drug-likeness (QED) is 0.298. The van der Waals surface area contributed by atoms with Crippen LogP contribution < -0.4 is 0 Å². The van der Waals surface area contributed by atoms with Crippen molar-refractivity contribution >= 4 is 57.4 Å². The van der Waals surface area contributed by atoms with Gasteiger partial charge in [0.25, 0.3) is 5.91 Å². The smallest absolute Gasteiger partial charge is 0.303 e. The Balaban J connectivity index is 1.41. The van der Waals surface area contributed by atoms with Gasteiger partial charge in [-0.15, -0.1) is 0 Å². The Kier molecular flexibility index (Phi) is 6.01. The molecule has 0 unspecified atom stereocenters. The maximum absolute atomic E-state index is 12.7. The molecule has 1 saturated heterocycles. The van der Waals surface area contributed by atoms with E-state index < -0.39 is 5.97 Å². The number of hydrogen-bond acceptors (Lipinski definition) is 7. The minimum absolute atomic E-state index is 0.142. The van der Waals surface area contributed by atoms with E-state index in [0.717, 1.165) is 17.5 Å². The average molecular weight is 443 g/mol. The molecule has 0 atom stereocenters. The number of carbonyl (C=O) groups is 2. The number of hydrogen-bond donors (Lipinski definition) is 1. The highest BCUT2D eigenvalue weighted by atomic mass is 32.2. The van der Waals surface area contributed by atoms with Crippen LogP contribution in [0, 0.1) is 0 Å². The van der Waals surface area contributed by atoms with E-state index in [2.05, 4.69) is 4.98 Å². The normalized spacial score (nSPS) is 15.6. The summed E-state index contributed by atoms with van der Waals surface area (Å²) in [5.41, 5.74) is 2.32.